The van der Waals surface area contributed by atoms with E-state index in [-0.39, 0.29) is 18.1 Å². The quantitative estimate of drug-likeness (QED) is 0.551. The van der Waals surface area contributed by atoms with E-state index in [0.29, 0.717) is 29.5 Å². The van der Waals surface area contributed by atoms with Gasteiger partial charge in [0, 0.05) is 6.20 Å². The van der Waals surface area contributed by atoms with Gasteiger partial charge in [-0.05, 0) is 50.1 Å². The van der Waals surface area contributed by atoms with Crippen molar-refractivity contribution in [3.8, 4) is 5.75 Å². The number of aromatic hydroxyl groups is 1. The summed E-state index contributed by atoms with van der Waals surface area (Å²) in [7, 11) is 0. The fourth-order valence-electron chi connectivity index (χ4n) is 2.58. The third kappa shape index (κ3) is 3.72. The van der Waals surface area contributed by atoms with Crippen LogP contribution in [0.25, 0.3) is 5.65 Å². The van der Waals surface area contributed by atoms with Gasteiger partial charge < -0.3 is 9.84 Å². The second-order valence-electron chi connectivity index (χ2n) is 5.99. The normalized spacial score (nSPS) is 11.3. The van der Waals surface area contributed by atoms with E-state index >= 15 is 0 Å². The maximum absolute atomic E-state index is 11.9. The molecule has 0 saturated heterocycles. The molecule has 1 N–H and O–H groups in total. The number of aromatic nitrogens is 2. The third-order valence-electron chi connectivity index (χ3n) is 3.81. The van der Waals surface area contributed by atoms with E-state index in [2.05, 4.69) is 15.2 Å². The van der Waals surface area contributed by atoms with Crippen LogP contribution in [0.15, 0.2) is 46.8 Å². The number of phenolic OH excluding ortho intramolecular Hbond substituents is 1. The molecule has 0 aliphatic heterocycles. The minimum Gasteiger partial charge on any atom is -0.506 e. The summed E-state index contributed by atoms with van der Waals surface area (Å²) in [5.74, 6) is 0.108. The Balaban J connectivity index is 2.06. The van der Waals surface area contributed by atoms with Gasteiger partial charge >= 0.3 is 5.97 Å². The number of ether oxygens (including phenoxy) is 1. The minimum atomic E-state index is -0.373. The van der Waals surface area contributed by atoms with Crippen LogP contribution in [0.2, 0.25) is 0 Å². The van der Waals surface area contributed by atoms with Gasteiger partial charge in [-0.15, -0.1) is 10.2 Å². The number of benzene rings is 1. The Morgan fingerprint density at radius 3 is 2.73 bits per heavy atom. The zero-order valence-electron chi connectivity index (χ0n) is 14.9. The lowest BCUT2D eigenvalue weighted by Crippen LogP contribution is -2.07. The van der Waals surface area contributed by atoms with Crippen LogP contribution >= 0.6 is 0 Å². The van der Waals surface area contributed by atoms with Crippen LogP contribution < -0.4 is 0 Å². The van der Waals surface area contributed by atoms with Crippen LogP contribution in [-0.4, -0.2) is 27.1 Å². The fraction of sp³-hybridized carbons (Fsp3) is 0.263. The summed E-state index contributed by atoms with van der Waals surface area (Å²) < 4.78 is 6.80. The van der Waals surface area contributed by atoms with E-state index in [0.717, 1.165) is 11.1 Å². The van der Waals surface area contributed by atoms with Crippen molar-refractivity contribution in [2.75, 3.05) is 6.61 Å². The highest BCUT2D eigenvalue weighted by Crippen LogP contribution is 2.30. The largest absolute Gasteiger partial charge is 0.506 e. The molecule has 2 aromatic heterocycles. The van der Waals surface area contributed by atoms with Gasteiger partial charge in [-0.25, -0.2) is 4.98 Å². The van der Waals surface area contributed by atoms with Crippen LogP contribution in [0.5, 0.6) is 5.75 Å². The zero-order valence-corrected chi connectivity index (χ0v) is 14.9. The number of hydrogen-bond acceptors (Lipinski definition) is 6. The van der Waals surface area contributed by atoms with Gasteiger partial charge in [0.2, 0.25) is 0 Å². The Labute approximate surface area is 151 Å². The van der Waals surface area contributed by atoms with E-state index < -0.39 is 0 Å². The fourth-order valence-corrected chi connectivity index (χ4v) is 2.58. The molecule has 0 unspecified atom stereocenters. The van der Waals surface area contributed by atoms with Crippen molar-refractivity contribution in [3.05, 3.63) is 53.3 Å². The molecule has 7 nitrogen and oxygen atoms in total. The first kappa shape index (κ1) is 17.6. The molecule has 3 aromatic rings. The van der Waals surface area contributed by atoms with E-state index in [4.69, 9.17) is 4.74 Å². The van der Waals surface area contributed by atoms with Gasteiger partial charge in [-0.3, -0.25) is 9.20 Å². The number of fused-ring (bicyclic) bond motifs is 1. The Kier molecular flexibility index (Phi) is 4.97. The number of carbonyl (C=O) groups excluding carboxylic acids is 1. The molecule has 3 rings (SSSR count). The van der Waals surface area contributed by atoms with Crippen LogP contribution in [0.1, 0.15) is 23.7 Å². The first-order valence-corrected chi connectivity index (χ1v) is 8.32. The van der Waals surface area contributed by atoms with Crippen LogP contribution in [0.4, 0.5) is 11.5 Å². The lowest BCUT2D eigenvalue weighted by molar-refractivity contribution is -0.142. The number of phenols is 1. The summed E-state index contributed by atoms with van der Waals surface area (Å²) in [5.41, 5.74) is 3.47. The Hall–Kier alpha value is -3.22. The number of rotatable bonds is 5. The second-order valence-corrected chi connectivity index (χ2v) is 5.99. The summed E-state index contributed by atoms with van der Waals surface area (Å²) in [4.78, 5) is 16.4. The van der Waals surface area contributed by atoms with E-state index in [1.807, 2.05) is 32.2 Å². The van der Waals surface area contributed by atoms with E-state index in [1.165, 1.54) is 0 Å². The van der Waals surface area contributed by atoms with Crippen molar-refractivity contribution >= 4 is 23.1 Å². The average molecular weight is 352 g/mol. The summed E-state index contributed by atoms with van der Waals surface area (Å²) in [6.07, 6.45) is 1.88. The van der Waals surface area contributed by atoms with Gasteiger partial charge in [0.1, 0.15) is 17.1 Å². The Morgan fingerprint density at radius 1 is 1.19 bits per heavy atom. The van der Waals surface area contributed by atoms with Crippen molar-refractivity contribution in [2.24, 2.45) is 10.2 Å². The van der Waals surface area contributed by atoms with Gasteiger partial charge in [-0.1, -0.05) is 12.1 Å². The molecule has 0 radical (unpaired) electrons. The third-order valence-corrected chi connectivity index (χ3v) is 3.81. The second kappa shape index (κ2) is 7.35. The Bertz CT molecular complexity index is 992. The summed E-state index contributed by atoms with van der Waals surface area (Å²) in [6.45, 7) is 5.92. The SMILES string of the molecule is CCOC(=O)Cc1nc2ccc(C)cn2c1N=Nc1cc(C)ccc1O. The maximum atomic E-state index is 11.9. The first-order valence-electron chi connectivity index (χ1n) is 8.32. The highest BCUT2D eigenvalue weighted by atomic mass is 16.5. The lowest BCUT2D eigenvalue weighted by atomic mass is 10.2. The van der Waals surface area contributed by atoms with Crippen molar-refractivity contribution < 1.29 is 14.6 Å². The van der Waals surface area contributed by atoms with Crippen molar-refractivity contribution in [2.45, 2.75) is 27.2 Å². The van der Waals surface area contributed by atoms with Crippen molar-refractivity contribution in [1.29, 1.82) is 0 Å². The molecule has 0 aliphatic carbocycles. The highest BCUT2D eigenvalue weighted by molar-refractivity contribution is 5.74. The van der Waals surface area contributed by atoms with Gasteiger partial charge in [0.25, 0.3) is 0 Å². The summed E-state index contributed by atoms with van der Waals surface area (Å²) in [5, 5.41) is 18.4. The molecule has 0 bridgehead atoms. The average Bonchev–Trinajstić information content (AvgIpc) is 2.92. The predicted octanol–water partition coefficient (Wildman–Crippen LogP) is 4.18. The molecule has 0 atom stereocenters. The predicted molar refractivity (Wildman–Crippen MR) is 97.3 cm³/mol. The molecule has 0 aliphatic rings. The lowest BCUT2D eigenvalue weighted by Gasteiger charge is -2.02. The van der Waals surface area contributed by atoms with Crippen LogP contribution in [0.3, 0.4) is 0 Å². The number of aryl methyl sites for hydroxylation is 2. The van der Waals surface area contributed by atoms with E-state index in [1.54, 1.807) is 29.5 Å². The molecular weight excluding hydrogens is 332 g/mol. The van der Waals surface area contributed by atoms with Crippen molar-refractivity contribution in [3.63, 3.8) is 0 Å². The summed E-state index contributed by atoms with van der Waals surface area (Å²) in [6, 6.07) is 8.88. The first-order chi connectivity index (χ1) is 12.5. The number of azo groups is 1. The maximum Gasteiger partial charge on any atom is 0.312 e. The number of hydrogen-bond donors (Lipinski definition) is 1. The molecule has 1 aromatic carbocycles. The Morgan fingerprint density at radius 2 is 1.96 bits per heavy atom. The number of carbonyl (C=O) groups is 1. The highest BCUT2D eigenvalue weighted by Gasteiger charge is 2.16. The van der Waals surface area contributed by atoms with Crippen molar-refractivity contribution in [1.82, 2.24) is 9.38 Å². The standard InChI is InChI=1S/C19H20N4O3/c1-4-26-18(25)10-15-19(23-11-13(3)6-8-17(23)20-15)22-21-14-9-12(2)5-7-16(14)24/h5-9,11,24H,4,10H2,1-3H3. The minimum absolute atomic E-state index is 0.00270. The molecule has 0 fully saturated rings. The summed E-state index contributed by atoms with van der Waals surface area (Å²) >= 11 is 0. The molecular formula is C19H20N4O3. The molecule has 2 heterocycles. The smallest absolute Gasteiger partial charge is 0.312 e. The van der Waals surface area contributed by atoms with Crippen LogP contribution in [-0.2, 0) is 16.0 Å². The van der Waals surface area contributed by atoms with Crippen LogP contribution in [0, 0.1) is 13.8 Å². The van der Waals surface area contributed by atoms with Gasteiger partial charge in [0.15, 0.2) is 5.82 Å². The number of pyridine rings is 1. The van der Waals surface area contributed by atoms with Gasteiger partial charge in [0.05, 0.1) is 18.7 Å². The van der Waals surface area contributed by atoms with E-state index in [9.17, 15) is 9.90 Å². The zero-order chi connectivity index (χ0) is 18.7. The number of nitrogens with zero attached hydrogens (tertiary/aromatic N) is 4. The molecule has 26 heavy (non-hydrogen) atoms. The van der Waals surface area contributed by atoms with Gasteiger partial charge in [-0.2, -0.15) is 0 Å². The number of esters is 1. The molecule has 0 saturated carbocycles. The monoisotopic (exact) mass is 352 g/mol. The molecule has 134 valence electrons. The topological polar surface area (TPSA) is 88.5 Å². The molecule has 7 heteroatoms. The molecule has 0 spiro atoms. The molecule has 0 amide bonds. The number of imidazole rings is 1.